The Labute approximate surface area is 102 Å². The zero-order chi connectivity index (χ0) is 12.3. The van der Waals surface area contributed by atoms with Crippen molar-refractivity contribution >= 4 is 0 Å². The molecule has 0 fully saturated rings. The number of hydrogen-bond acceptors (Lipinski definition) is 2. The summed E-state index contributed by atoms with van der Waals surface area (Å²) >= 11 is 0. The molecule has 90 valence electrons. The molecular formula is C14H19N3. The zero-order valence-corrected chi connectivity index (χ0v) is 10.4. The molecule has 0 saturated carbocycles. The first-order valence-corrected chi connectivity index (χ1v) is 5.99. The molecule has 0 spiro atoms. The number of benzene rings is 1. The Kier molecular flexibility index (Phi) is 3.59. The van der Waals surface area contributed by atoms with E-state index in [4.69, 9.17) is 5.73 Å². The molecule has 0 bridgehead atoms. The minimum absolute atomic E-state index is 0.0996. The molecule has 0 amide bonds. The highest BCUT2D eigenvalue weighted by Gasteiger charge is 2.13. The summed E-state index contributed by atoms with van der Waals surface area (Å²) in [7, 11) is 0. The maximum atomic E-state index is 6.28. The van der Waals surface area contributed by atoms with E-state index in [1.807, 2.05) is 30.7 Å². The lowest BCUT2D eigenvalue weighted by molar-refractivity contribution is 0.503. The van der Waals surface area contributed by atoms with E-state index in [9.17, 15) is 0 Å². The summed E-state index contributed by atoms with van der Waals surface area (Å²) in [4.78, 5) is 4.20. The van der Waals surface area contributed by atoms with Crippen LogP contribution in [0.5, 0.6) is 0 Å². The van der Waals surface area contributed by atoms with Crippen molar-refractivity contribution < 1.29 is 0 Å². The lowest BCUT2D eigenvalue weighted by Gasteiger charge is -2.16. The van der Waals surface area contributed by atoms with Crippen molar-refractivity contribution in [3.8, 4) is 0 Å². The Hall–Kier alpha value is -1.61. The lowest BCUT2D eigenvalue weighted by Crippen LogP contribution is -2.17. The monoisotopic (exact) mass is 229 g/mol. The van der Waals surface area contributed by atoms with E-state index in [0.29, 0.717) is 5.92 Å². The van der Waals surface area contributed by atoms with E-state index in [2.05, 4.69) is 35.5 Å². The summed E-state index contributed by atoms with van der Waals surface area (Å²) in [6.07, 6.45) is 3.72. The van der Waals surface area contributed by atoms with Gasteiger partial charge in [-0.2, -0.15) is 0 Å². The van der Waals surface area contributed by atoms with Gasteiger partial charge < -0.3 is 10.3 Å². The Morgan fingerprint density at radius 1 is 1.24 bits per heavy atom. The molecule has 3 nitrogen and oxygen atoms in total. The van der Waals surface area contributed by atoms with Gasteiger partial charge in [-0.25, -0.2) is 4.98 Å². The fourth-order valence-corrected chi connectivity index (χ4v) is 1.97. The van der Waals surface area contributed by atoms with Crippen LogP contribution in [0.3, 0.4) is 0 Å². The van der Waals surface area contributed by atoms with Crippen LogP contribution in [0.4, 0.5) is 0 Å². The van der Waals surface area contributed by atoms with Crippen LogP contribution in [0.2, 0.25) is 0 Å². The maximum Gasteiger partial charge on any atom is 0.0948 e. The first-order valence-electron chi connectivity index (χ1n) is 5.99. The van der Waals surface area contributed by atoms with Gasteiger partial charge >= 0.3 is 0 Å². The third kappa shape index (κ3) is 2.74. The van der Waals surface area contributed by atoms with Crippen LogP contribution < -0.4 is 5.73 Å². The summed E-state index contributed by atoms with van der Waals surface area (Å²) in [5.74, 6) is 0.589. The molecule has 1 unspecified atom stereocenters. The predicted octanol–water partition coefficient (Wildman–Crippen LogP) is 2.59. The summed E-state index contributed by atoms with van der Waals surface area (Å²) in [5.41, 5.74) is 8.47. The van der Waals surface area contributed by atoms with Crippen LogP contribution in [0, 0.1) is 5.92 Å². The fraction of sp³-hybridized carbons (Fsp3) is 0.357. The molecule has 3 heteroatoms. The van der Waals surface area contributed by atoms with Crippen LogP contribution >= 0.6 is 0 Å². The smallest absolute Gasteiger partial charge is 0.0948 e. The molecule has 1 aromatic heterocycles. The largest absolute Gasteiger partial charge is 0.333 e. The number of rotatable bonds is 4. The van der Waals surface area contributed by atoms with E-state index < -0.39 is 0 Å². The van der Waals surface area contributed by atoms with Gasteiger partial charge in [0.1, 0.15) is 0 Å². The second-order valence-electron chi connectivity index (χ2n) is 4.75. The number of nitrogens with zero attached hydrogens (tertiary/aromatic N) is 2. The van der Waals surface area contributed by atoms with Gasteiger partial charge in [0.05, 0.1) is 24.3 Å². The predicted molar refractivity (Wildman–Crippen MR) is 69.5 cm³/mol. The average molecular weight is 229 g/mol. The highest BCUT2D eigenvalue weighted by Crippen LogP contribution is 2.19. The molecule has 2 N–H and O–H groups in total. The van der Waals surface area contributed by atoms with Gasteiger partial charge in [0.15, 0.2) is 0 Å². The topological polar surface area (TPSA) is 43.8 Å². The Bertz CT molecular complexity index is 459. The van der Waals surface area contributed by atoms with Crippen molar-refractivity contribution in [1.29, 1.82) is 0 Å². The van der Waals surface area contributed by atoms with Crippen molar-refractivity contribution in [2.24, 2.45) is 11.7 Å². The van der Waals surface area contributed by atoms with E-state index in [0.717, 1.165) is 17.8 Å². The summed E-state index contributed by atoms with van der Waals surface area (Å²) < 4.78 is 2.14. The number of hydrogen-bond donors (Lipinski definition) is 1. The molecular weight excluding hydrogens is 210 g/mol. The minimum Gasteiger partial charge on any atom is -0.333 e. The van der Waals surface area contributed by atoms with Crippen molar-refractivity contribution in [2.75, 3.05) is 0 Å². The van der Waals surface area contributed by atoms with Gasteiger partial charge in [-0.05, 0) is 11.5 Å². The van der Waals surface area contributed by atoms with Crippen molar-refractivity contribution in [2.45, 2.75) is 26.4 Å². The van der Waals surface area contributed by atoms with Crippen LogP contribution in [-0.4, -0.2) is 9.55 Å². The van der Waals surface area contributed by atoms with Gasteiger partial charge in [-0.15, -0.1) is 0 Å². The Morgan fingerprint density at radius 2 is 1.94 bits per heavy atom. The number of nitrogens with two attached hydrogens (primary N) is 1. The molecule has 1 atom stereocenters. The average Bonchev–Trinajstić information content (AvgIpc) is 2.76. The van der Waals surface area contributed by atoms with Crippen LogP contribution in [0.15, 0.2) is 42.9 Å². The van der Waals surface area contributed by atoms with Gasteiger partial charge in [-0.3, -0.25) is 0 Å². The first kappa shape index (κ1) is 11.9. The molecule has 0 saturated heterocycles. The van der Waals surface area contributed by atoms with E-state index in [1.54, 1.807) is 0 Å². The van der Waals surface area contributed by atoms with Crippen LogP contribution in [0.1, 0.15) is 31.1 Å². The van der Waals surface area contributed by atoms with E-state index >= 15 is 0 Å². The first-order chi connectivity index (χ1) is 8.18. The Morgan fingerprint density at radius 3 is 2.59 bits per heavy atom. The third-order valence-electron chi connectivity index (χ3n) is 2.78. The highest BCUT2D eigenvalue weighted by atomic mass is 15.1. The molecule has 2 rings (SSSR count). The van der Waals surface area contributed by atoms with Gasteiger partial charge in [0, 0.05) is 6.54 Å². The zero-order valence-electron chi connectivity index (χ0n) is 10.4. The van der Waals surface area contributed by atoms with Gasteiger partial charge in [0.2, 0.25) is 0 Å². The highest BCUT2D eigenvalue weighted by molar-refractivity contribution is 5.26. The molecule has 17 heavy (non-hydrogen) atoms. The van der Waals surface area contributed by atoms with Gasteiger partial charge in [0.25, 0.3) is 0 Å². The lowest BCUT2D eigenvalue weighted by atomic mass is 10.1. The molecule has 2 aromatic rings. The van der Waals surface area contributed by atoms with Crippen molar-refractivity contribution in [3.05, 3.63) is 54.1 Å². The molecule has 0 aliphatic carbocycles. The molecule has 0 aliphatic rings. The second kappa shape index (κ2) is 5.15. The summed E-state index contributed by atoms with van der Waals surface area (Å²) in [5, 5.41) is 0. The normalized spacial score (nSPS) is 12.9. The van der Waals surface area contributed by atoms with E-state index in [1.165, 1.54) is 0 Å². The maximum absolute atomic E-state index is 6.28. The minimum atomic E-state index is -0.0996. The van der Waals surface area contributed by atoms with Crippen LogP contribution in [-0.2, 0) is 6.54 Å². The Balaban J connectivity index is 2.25. The molecule has 1 aromatic carbocycles. The van der Waals surface area contributed by atoms with Crippen molar-refractivity contribution in [3.63, 3.8) is 0 Å². The fourth-order valence-electron chi connectivity index (χ4n) is 1.97. The van der Waals surface area contributed by atoms with E-state index in [-0.39, 0.29) is 6.04 Å². The van der Waals surface area contributed by atoms with Gasteiger partial charge in [-0.1, -0.05) is 44.2 Å². The molecule has 1 heterocycles. The van der Waals surface area contributed by atoms with Crippen molar-refractivity contribution in [1.82, 2.24) is 9.55 Å². The summed E-state index contributed by atoms with van der Waals surface area (Å²) in [6, 6.07) is 10.0. The standard InChI is InChI=1S/C14H19N3/c1-11(2)9-17-10-16-8-13(17)14(15)12-6-4-3-5-7-12/h3-8,10-11,14H,9,15H2,1-2H3. The number of aromatic nitrogens is 2. The molecule has 0 radical (unpaired) electrons. The second-order valence-corrected chi connectivity index (χ2v) is 4.75. The number of imidazole rings is 1. The quantitative estimate of drug-likeness (QED) is 0.875. The summed E-state index contributed by atoms with van der Waals surface area (Å²) in [6.45, 7) is 5.34. The third-order valence-corrected chi connectivity index (χ3v) is 2.78. The van der Waals surface area contributed by atoms with Crippen LogP contribution in [0.25, 0.3) is 0 Å². The SMILES string of the molecule is CC(C)Cn1cncc1C(N)c1ccccc1. The molecule has 0 aliphatic heterocycles.